The van der Waals surface area contributed by atoms with Gasteiger partial charge in [0.15, 0.2) is 0 Å². The summed E-state index contributed by atoms with van der Waals surface area (Å²) in [4.78, 5) is 11.0. The summed E-state index contributed by atoms with van der Waals surface area (Å²) in [5, 5.41) is 0. The maximum absolute atomic E-state index is 11.9. The van der Waals surface area contributed by atoms with Gasteiger partial charge in [-0.15, -0.1) is 0 Å². The second-order valence-electron chi connectivity index (χ2n) is 3.33. The summed E-state index contributed by atoms with van der Waals surface area (Å²) in [6.07, 6.45) is 0.0333. The number of esters is 1. The minimum atomic E-state index is -2.86. The highest BCUT2D eigenvalue weighted by Gasteiger charge is 2.12. The molecule has 0 radical (unpaired) electrons. The summed E-state index contributed by atoms with van der Waals surface area (Å²) in [6, 6.07) is 5.29. The second-order valence-corrected chi connectivity index (χ2v) is 3.33. The second kappa shape index (κ2) is 6.15. The lowest BCUT2D eigenvalue weighted by Crippen LogP contribution is -2.16. The van der Waals surface area contributed by atoms with Crippen LogP contribution in [0.15, 0.2) is 24.3 Å². The van der Waals surface area contributed by atoms with E-state index in [1.165, 1.54) is 31.4 Å². The molecule has 1 atom stereocenters. The molecule has 1 rings (SSSR count). The molecule has 0 bridgehead atoms. The van der Waals surface area contributed by atoms with Crippen molar-refractivity contribution in [1.29, 1.82) is 0 Å². The Bertz CT molecular complexity index is 367. The van der Waals surface area contributed by atoms with Crippen LogP contribution in [0.2, 0.25) is 0 Å². The molecule has 1 aromatic carbocycles. The Kier molecular flexibility index (Phi) is 4.84. The van der Waals surface area contributed by atoms with Crippen molar-refractivity contribution in [2.45, 2.75) is 19.1 Å². The molecule has 1 aromatic rings. The van der Waals surface area contributed by atoms with Crippen molar-refractivity contribution < 1.29 is 23.0 Å². The van der Waals surface area contributed by atoms with E-state index in [1.54, 1.807) is 0 Å². The zero-order chi connectivity index (χ0) is 12.8. The van der Waals surface area contributed by atoms with Gasteiger partial charge in [0.05, 0.1) is 13.5 Å². The standard InChI is InChI=1S/C11H13F2NO3/c1-16-10(15)6-9(14)7-2-4-8(5-3-7)17-11(12)13/h2-5,9,11H,6,14H2,1H3. The smallest absolute Gasteiger partial charge is 0.387 e. The summed E-state index contributed by atoms with van der Waals surface area (Å²) in [5.41, 5.74) is 6.38. The van der Waals surface area contributed by atoms with Gasteiger partial charge in [0.2, 0.25) is 0 Å². The molecule has 94 valence electrons. The fourth-order valence-electron chi connectivity index (χ4n) is 1.28. The number of benzene rings is 1. The van der Waals surface area contributed by atoms with E-state index in [0.29, 0.717) is 5.56 Å². The van der Waals surface area contributed by atoms with Crippen LogP contribution < -0.4 is 10.5 Å². The van der Waals surface area contributed by atoms with Crippen molar-refractivity contribution >= 4 is 5.97 Å². The zero-order valence-electron chi connectivity index (χ0n) is 9.23. The van der Waals surface area contributed by atoms with Gasteiger partial charge in [0, 0.05) is 6.04 Å². The number of halogens is 2. The van der Waals surface area contributed by atoms with Gasteiger partial charge < -0.3 is 15.2 Å². The van der Waals surface area contributed by atoms with Crippen LogP contribution in [0, 0.1) is 0 Å². The molecular weight excluding hydrogens is 232 g/mol. The number of ether oxygens (including phenoxy) is 2. The van der Waals surface area contributed by atoms with Crippen molar-refractivity contribution in [1.82, 2.24) is 0 Å². The molecule has 0 spiro atoms. The SMILES string of the molecule is COC(=O)CC(N)c1ccc(OC(F)F)cc1. The van der Waals surface area contributed by atoms with Gasteiger partial charge in [-0.3, -0.25) is 4.79 Å². The number of hydrogen-bond donors (Lipinski definition) is 1. The van der Waals surface area contributed by atoms with E-state index in [-0.39, 0.29) is 12.2 Å². The van der Waals surface area contributed by atoms with Crippen molar-refractivity contribution in [2.75, 3.05) is 7.11 Å². The lowest BCUT2D eigenvalue weighted by atomic mass is 10.0. The highest BCUT2D eigenvalue weighted by atomic mass is 19.3. The number of carbonyl (C=O) groups excluding carboxylic acids is 1. The molecule has 0 saturated heterocycles. The van der Waals surface area contributed by atoms with E-state index >= 15 is 0 Å². The Labute approximate surface area is 97.3 Å². The third-order valence-corrected chi connectivity index (χ3v) is 2.15. The third-order valence-electron chi connectivity index (χ3n) is 2.15. The molecule has 0 aromatic heterocycles. The maximum atomic E-state index is 11.9. The topological polar surface area (TPSA) is 61.5 Å². The molecule has 0 aliphatic carbocycles. The van der Waals surface area contributed by atoms with Gasteiger partial charge in [-0.2, -0.15) is 8.78 Å². The monoisotopic (exact) mass is 245 g/mol. The van der Waals surface area contributed by atoms with E-state index in [4.69, 9.17) is 5.73 Å². The Hall–Kier alpha value is -1.69. The van der Waals surface area contributed by atoms with Crippen molar-refractivity contribution in [3.8, 4) is 5.75 Å². The lowest BCUT2D eigenvalue weighted by molar-refractivity contribution is -0.141. The molecule has 2 N–H and O–H groups in total. The Morgan fingerprint density at radius 3 is 2.41 bits per heavy atom. The first-order valence-corrected chi connectivity index (χ1v) is 4.90. The molecule has 4 nitrogen and oxygen atoms in total. The fourth-order valence-corrected chi connectivity index (χ4v) is 1.28. The van der Waals surface area contributed by atoms with E-state index in [9.17, 15) is 13.6 Å². The summed E-state index contributed by atoms with van der Waals surface area (Å²) in [7, 11) is 1.27. The molecule has 0 aliphatic rings. The largest absolute Gasteiger partial charge is 0.469 e. The van der Waals surface area contributed by atoms with Gasteiger partial charge in [0.1, 0.15) is 5.75 Å². The maximum Gasteiger partial charge on any atom is 0.387 e. The Morgan fingerprint density at radius 1 is 1.35 bits per heavy atom. The number of methoxy groups -OCH3 is 1. The van der Waals surface area contributed by atoms with Gasteiger partial charge >= 0.3 is 12.6 Å². The first kappa shape index (κ1) is 13.4. The van der Waals surface area contributed by atoms with Crippen LogP contribution in [-0.4, -0.2) is 19.7 Å². The first-order valence-electron chi connectivity index (χ1n) is 4.90. The van der Waals surface area contributed by atoms with Gasteiger partial charge in [-0.25, -0.2) is 0 Å². The average Bonchev–Trinajstić information content (AvgIpc) is 2.28. The third kappa shape index (κ3) is 4.36. The fraction of sp³-hybridized carbons (Fsp3) is 0.364. The van der Waals surface area contributed by atoms with E-state index in [2.05, 4.69) is 9.47 Å². The molecule has 0 amide bonds. The van der Waals surface area contributed by atoms with Crippen LogP contribution in [0.3, 0.4) is 0 Å². The molecule has 17 heavy (non-hydrogen) atoms. The van der Waals surface area contributed by atoms with Crippen molar-refractivity contribution in [3.05, 3.63) is 29.8 Å². The minimum Gasteiger partial charge on any atom is -0.469 e. The van der Waals surface area contributed by atoms with Gasteiger partial charge in [-0.05, 0) is 17.7 Å². The van der Waals surface area contributed by atoms with Crippen molar-refractivity contribution in [2.24, 2.45) is 5.73 Å². The minimum absolute atomic E-state index is 0.0333. The highest BCUT2D eigenvalue weighted by Crippen LogP contribution is 2.20. The summed E-state index contributed by atoms with van der Waals surface area (Å²) in [6.45, 7) is -2.86. The zero-order valence-corrected chi connectivity index (χ0v) is 9.23. The van der Waals surface area contributed by atoms with Crippen LogP contribution in [0.4, 0.5) is 8.78 Å². The summed E-state index contributed by atoms with van der Waals surface area (Å²) in [5.74, 6) is -0.376. The lowest BCUT2D eigenvalue weighted by Gasteiger charge is -2.11. The molecule has 0 heterocycles. The van der Waals surface area contributed by atoms with Crippen LogP contribution in [-0.2, 0) is 9.53 Å². The highest BCUT2D eigenvalue weighted by molar-refractivity contribution is 5.70. The van der Waals surface area contributed by atoms with E-state index in [1.807, 2.05) is 0 Å². The van der Waals surface area contributed by atoms with Gasteiger partial charge in [-0.1, -0.05) is 12.1 Å². The number of rotatable bonds is 5. The molecule has 1 unspecified atom stereocenters. The molecule has 0 saturated carbocycles. The van der Waals surface area contributed by atoms with Crippen LogP contribution in [0.1, 0.15) is 18.0 Å². The normalized spacial score (nSPS) is 12.3. The first-order chi connectivity index (χ1) is 8.02. The van der Waals surface area contributed by atoms with Crippen LogP contribution >= 0.6 is 0 Å². The Morgan fingerprint density at radius 2 is 1.94 bits per heavy atom. The predicted molar refractivity (Wildman–Crippen MR) is 56.6 cm³/mol. The quantitative estimate of drug-likeness (QED) is 0.804. The van der Waals surface area contributed by atoms with E-state index in [0.717, 1.165) is 0 Å². The predicted octanol–water partition coefficient (Wildman–Crippen LogP) is 1.85. The summed E-state index contributed by atoms with van der Waals surface area (Å²) < 4.78 is 32.4. The van der Waals surface area contributed by atoms with Crippen LogP contribution in [0.5, 0.6) is 5.75 Å². The molecular formula is C11H13F2NO3. The number of hydrogen-bond acceptors (Lipinski definition) is 4. The van der Waals surface area contributed by atoms with Crippen LogP contribution in [0.25, 0.3) is 0 Å². The number of nitrogens with two attached hydrogens (primary N) is 1. The Balaban J connectivity index is 2.63. The van der Waals surface area contributed by atoms with Gasteiger partial charge in [0.25, 0.3) is 0 Å². The molecule has 0 fully saturated rings. The number of alkyl halides is 2. The number of carbonyl (C=O) groups is 1. The molecule has 6 heteroatoms. The average molecular weight is 245 g/mol. The van der Waals surface area contributed by atoms with E-state index < -0.39 is 18.6 Å². The molecule has 0 aliphatic heterocycles. The van der Waals surface area contributed by atoms with Crippen molar-refractivity contribution in [3.63, 3.8) is 0 Å². The summed E-state index contributed by atoms with van der Waals surface area (Å²) >= 11 is 0.